The fraction of sp³-hybridized carbons (Fsp3) is 0.652. The Hall–Kier alpha value is -1.97. The number of carbonyl (C=O) groups is 1. The highest BCUT2D eigenvalue weighted by atomic mass is 32.2. The minimum atomic E-state index is -3.53. The van der Waals surface area contributed by atoms with E-state index in [2.05, 4.69) is 35.6 Å². The average molecular weight is 466 g/mol. The first-order valence-corrected chi connectivity index (χ1v) is 12.8. The van der Waals surface area contributed by atoms with Gasteiger partial charge < -0.3 is 14.8 Å². The van der Waals surface area contributed by atoms with E-state index in [0.717, 1.165) is 30.7 Å². The summed E-state index contributed by atoms with van der Waals surface area (Å²) in [7, 11) is 3.56. The van der Waals surface area contributed by atoms with Gasteiger partial charge in [0.2, 0.25) is 15.9 Å². The molecule has 1 unspecified atom stereocenters. The average Bonchev–Trinajstić information content (AvgIpc) is 3.06. The molecule has 1 heterocycles. The lowest BCUT2D eigenvalue weighted by Gasteiger charge is -2.28. The number of nitrogens with one attached hydrogen (secondary N) is 1. The van der Waals surface area contributed by atoms with Crippen molar-refractivity contribution in [3.8, 4) is 0 Å². The molecule has 0 aliphatic rings. The number of amides is 1. The van der Waals surface area contributed by atoms with Crippen molar-refractivity contribution in [1.29, 1.82) is 0 Å². The first kappa shape index (κ1) is 26.3. The van der Waals surface area contributed by atoms with Crippen LogP contribution in [0, 0.1) is 5.92 Å². The number of nitrogens with zero attached hydrogens (tertiary/aromatic N) is 4. The highest BCUT2D eigenvalue weighted by Crippen LogP contribution is 2.23. The van der Waals surface area contributed by atoms with Crippen molar-refractivity contribution >= 4 is 27.0 Å². The van der Waals surface area contributed by atoms with Gasteiger partial charge in [0, 0.05) is 46.1 Å². The summed E-state index contributed by atoms with van der Waals surface area (Å²) in [5.41, 5.74) is 1.55. The maximum atomic E-state index is 12.5. The van der Waals surface area contributed by atoms with Crippen molar-refractivity contribution in [3.63, 3.8) is 0 Å². The zero-order chi connectivity index (χ0) is 24.1. The topological polar surface area (TPSA) is 87.5 Å². The van der Waals surface area contributed by atoms with Crippen LogP contribution < -0.4 is 5.32 Å². The van der Waals surface area contributed by atoms with Gasteiger partial charge in [-0.2, -0.15) is 0 Å². The van der Waals surface area contributed by atoms with Crippen LogP contribution in [0.5, 0.6) is 0 Å². The van der Waals surface area contributed by atoms with Crippen molar-refractivity contribution < 1.29 is 13.2 Å². The molecule has 32 heavy (non-hydrogen) atoms. The number of aryl methyl sites for hydroxylation is 2. The number of benzene rings is 1. The Morgan fingerprint density at radius 2 is 1.88 bits per heavy atom. The number of hydrogen-bond donors (Lipinski definition) is 1. The van der Waals surface area contributed by atoms with Crippen LogP contribution in [0.1, 0.15) is 45.9 Å². The Kier molecular flexibility index (Phi) is 9.24. The Morgan fingerprint density at radius 3 is 2.44 bits per heavy atom. The first-order valence-electron chi connectivity index (χ1n) is 11.3. The van der Waals surface area contributed by atoms with Gasteiger partial charge in [-0.05, 0) is 44.6 Å². The molecule has 0 saturated heterocycles. The van der Waals surface area contributed by atoms with E-state index < -0.39 is 10.0 Å². The minimum absolute atomic E-state index is 0.00229. The van der Waals surface area contributed by atoms with Gasteiger partial charge in [-0.3, -0.25) is 4.79 Å². The zero-order valence-corrected chi connectivity index (χ0v) is 21.4. The van der Waals surface area contributed by atoms with Gasteiger partial charge in [0.05, 0.1) is 15.9 Å². The van der Waals surface area contributed by atoms with Crippen LogP contribution in [0.15, 0.2) is 23.1 Å². The van der Waals surface area contributed by atoms with Gasteiger partial charge in [-0.25, -0.2) is 17.7 Å². The number of fused-ring (bicyclic) bond motifs is 1. The Morgan fingerprint density at radius 1 is 1.19 bits per heavy atom. The van der Waals surface area contributed by atoms with E-state index in [-0.39, 0.29) is 16.8 Å². The molecule has 0 saturated carbocycles. The van der Waals surface area contributed by atoms with Crippen molar-refractivity contribution in [2.24, 2.45) is 5.92 Å². The molecule has 0 spiro atoms. The molecule has 0 radical (unpaired) electrons. The van der Waals surface area contributed by atoms with Gasteiger partial charge in [0.1, 0.15) is 5.82 Å². The Labute approximate surface area is 193 Å². The van der Waals surface area contributed by atoms with Crippen LogP contribution in [0.25, 0.3) is 11.0 Å². The van der Waals surface area contributed by atoms with Crippen molar-refractivity contribution in [3.05, 3.63) is 24.0 Å². The summed E-state index contributed by atoms with van der Waals surface area (Å²) < 4.78 is 28.3. The number of carbonyl (C=O) groups excluding carboxylic acids is 1. The largest absolute Gasteiger partial charge is 0.355 e. The molecule has 1 amide bonds. The normalized spacial score (nSPS) is 13.4. The third-order valence-corrected chi connectivity index (χ3v) is 7.64. The minimum Gasteiger partial charge on any atom is -0.355 e. The number of hydrogen-bond acceptors (Lipinski definition) is 5. The molecule has 0 aliphatic heterocycles. The number of likely N-dealkylation sites (N-methyl/N-ethyl adjacent to an activating group) is 1. The Balaban J connectivity index is 2.21. The third-order valence-electron chi connectivity index (χ3n) is 5.83. The molecule has 180 valence electrons. The number of unbranched alkanes of at least 4 members (excludes halogenated alkanes) is 1. The van der Waals surface area contributed by atoms with E-state index in [1.807, 2.05) is 20.2 Å². The fourth-order valence-electron chi connectivity index (χ4n) is 3.83. The number of rotatable bonds is 12. The monoisotopic (exact) mass is 465 g/mol. The molecular weight excluding hydrogens is 426 g/mol. The summed E-state index contributed by atoms with van der Waals surface area (Å²) >= 11 is 0. The van der Waals surface area contributed by atoms with Crippen molar-refractivity contribution in [1.82, 2.24) is 24.1 Å². The van der Waals surface area contributed by atoms with E-state index >= 15 is 0 Å². The lowest BCUT2D eigenvalue weighted by molar-refractivity contribution is -0.121. The number of aromatic nitrogens is 2. The number of sulfonamides is 1. The van der Waals surface area contributed by atoms with E-state index in [1.54, 1.807) is 12.1 Å². The molecule has 1 atom stereocenters. The molecule has 1 N–H and O–H groups in total. The summed E-state index contributed by atoms with van der Waals surface area (Å²) in [6, 6.07) is 5.36. The van der Waals surface area contributed by atoms with Crippen LogP contribution in [-0.2, 0) is 27.8 Å². The second-order valence-electron chi connectivity index (χ2n) is 9.05. The van der Waals surface area contributed by atoms with Crippen molar-refractivity contribution in [2.75, 3.05) is 34.7 Å². The lowest BCUT2D eigenvalue weighted by Crippen LogP contribution is -2.43. The van der Waals surface area contributed by atoms with E-state index in [9.17, 15) is 13.2 Å². The maximum absolute atomic E-state index is 12.5. The molecule has 1 aromatic heterocycles. The zero-order valence-electron chi connectivity index (χ0n) is 20.6. The van der Waals surface area contributed by atoms with Gasteiger partial charge >= 0.3 is 0 Å². The summed E-state index contributed by atoms with van der Waals surface area (Å²) in [5, 5.41) is 3.05. The van der Waals surface area contributed by atoms with Crippen LogP contribution in [0.2, 0.25) is 0 Å². The second kappa shape index (κ2) is 11.2. The van der Waals surface area contributed by atoms with Gasteiger partial charge in [-0.15, -0.1) is 0 Å². The van der Waals surface area contributed by atoms with E-state index in [0.29, 0.717) is 30.8 Å². The molecule has 0 bridgehead atoms. The fourth-order valence-corrected chi connectivity index (χ4v) is 4.76. The van der Waals surface area contributed by atoms with E-state index in [1.165, 1.54) is 18.4 Å². The summed E-state index contributed by atoms with van der Waals surface area (Å²) in [5.74, 6) is 1.26. The molecule has 9 heteroatoms. The highest BCUT2D eigenvalue weighted by molar-refractivity contribution is 7.89. The predicted octanol–water partition coefficient (Wildman–Crippen LogP) is 2.72. The third kappa shape index (κ3) is 6.30. The highest BCUT2D eigenvalue weighted by Gasteiger charge is 2.20. The smallest absolute Gasteiger partial charge is 0.242 e. The van der Waals surface area contributed by atoms with Gasteiger partial charge in [0.15, 0.2) is 0 Å². The standard InChI is InChI=1S/C23H39N5O3S/c1-8-9-14-28-20-11-10-18(32(30,31)27(6)7)15-19(20)25-22(28)12-13-23(29)24-16-21(17(2)3)26(4)5/h10-11,15,17,21H,8-9,12-14,16H2,1-7H3,(H,24,29). The lowest BCUT2D eigenvalue weighted by atomic mass is 10.0. The molecule has 2 rings (SSSR count). The van der Waals surface area contributed by atoms with Crippen LogP contribution in [0.4, 0.5) is 0 Å². The quantitative estimate of drug-likeness (QED) is 0.521. The molecule has 2 aromatic rings. The maximum Gasteiger partial charge on any atom is 0.242 e. The van der Waals surface area contributed by atoms with E-state index in [4.69, 9.17) is 4.98 Å². The number of imidazole rings is 1. The second-order valence-corrected chi connectivity index (χ2v) is 11.2. The first-order chi connectivity index (χ1) is 15.0. The molecule has 0 aliphatic carbocycles. The summed E-state index contributed by atoms with van der Waals surface area (Å²) in [4.78, 5) is 19.6. The molecule has 0 fully saturated rings. The molecular formula is C23H39N5O3S. The summed E-state index contributed by atoms with van der Waals surface area (Å²) in [6.07, 6.45) is 2.87. The predicted molar refractivity (Wildman–Crippen MR) is 129 cm³/mol. The Bertz CT molecular complexity index is 1000. The SMILES string of the molecule is CCCCn1c(CCC(=O)NCC(C(C)C)N(C)C)nc2cc(S(=O)(=O)N(C)C)ccc21. The molecule has 8 nitrogen and oxygen atoms in total. The van der Waals surface area contributed by atoms with Crippen LogP contribution >= 0.6 is 0 Å². The van der Waals surface area contributed by atoms with Crippen molar-refractivity contribution in [2.45, 2.75) is 63.9 Å². The van der Waals surface area contributed by atoms with Gasteiger partial charge in [0.25, 0.3) is 0 Å². The molecule has 1 aromatic carbocycles. The van der Waals surface area contributed by atoms with Gasteiger partial charge in [-0.1, -0.05) is 27.2 Å². The summed E-state index contributed by atoms with van der Waals surface area (Å²) in [6.45, 7) is 7.83. The van der Waals surface area contributed by atoms with Crippen LogP contribution in [-0.4, -0.2) is 73.9 Å². The van der Waals surface area contributed by atoms with Crippen LogP contribution in [0.3, 0.4) is 0 Å².